The molecule has 2 aromatic carbocycles. The number of piperidine rings is 1. The summed E-state index contributed by atoms with van der Waals surface area (Å²) in [7, 11) is 4.87. The van der Waals surface area contributed by atoms with E-state index in [2.05, 4.69) is 4.90 Å². The SMILES string of the molecule is COc1cc(OC)c(OC)cc1CN1CCCC(C(=O)c2cccc(Cl)c2)C1. The summed E-state index contributed by atoms with van der Waals surface area (Å²) in [6, 6.07) is 11.0. The topological polar surface area (TPSA) is 48.0 Å². The van der Waals surface area contributed by atoms with Crippen LogP contribution in [0.4, 0.5) is 0 Å². The number of benzene rings is 2. The van der Waals surface area contributed by atoms with Crippen LogP contribution in [-0.4, -0.2) is 45.1 Å². The number of Topliss-reactive ketones (excluding diaryl/α,β-unsaturated/α-hetero) is 1. The average molecular weight is 404 g/mol. The Labute approximate surface area is 171 Å². The average Bonchev–Trinajstić information content (AvgIpc) is 2.73. The second kappa shape index (κ2) is 9.30. The molecular formula is C22H26ClNO4. The molecule has 1 atom stereocenters. The number of ether oxygens (including phenoxy) is 3. The van der Waals surface area contributed by atoms with Crippen molar-refractivity contribution in [1.29, 1.82) is 0 Å². The van der Waals surface area contributed by atoms with E-state index in [0.717, 1.165) is 30.7 Å². The van der Waals surface area contributed by atoms with Crippen LogP contribution in [-0.2, 0) is 6.54 Å². The van der Waals surface area contributed by atoms with Gasteiger partial charge in [-0.2, -0.15) is 0 Å². The van der Waals surface area contributed by atoms with Crippen LogP contribution in [0.25, 0.3) is 0 Å². The maximum absolute atomic E-state index is 12.9. The Kier molecular flexibility index (Phi) is 6.81. The van der Waals surface area contributed by atoms with Crippen LogP contribution in [0.2, 0.25) is 5.02 Å². The monoisotopic (exact) mass is 403 g/mol. The number of hydrogen-bond donors (Lipinski definition) is 0. The van der Waals surface area contributed by atoms with E-state index in [0.29, 0.717) is 35.2 Å². The van der Waals surface area contributed by atoms with Gasteiger partial charge in [0, 0.05) is 41.2 Å². The molecule has 3 rings (SSSR count). The third-order valence-corrected chi connectivity index (χ3v) is 5.40. The number of carbonyl (C=O) groups excluding carboxylic acids is 1. The smallest absolute Gasteiger partial charge is 0.167 e. The van der Waals surface area contributed by atoms with Crippen molar-refractivity contribution in [2.45, 2.75) is 19.4 Å². The number of halogens is 1. The Balaban J connectivity index is 1.75. The molecular weight excluding hydrogens is 378 g/mol. The van der Waals surface area contributed by atoms with Crippen LogP contribution in [0.1, 0.15) is 28.8 Å². The summed E-state index contributed by atoms with van der Waals surface area (Å²) in [5, 5.41) is 0.591. The molecule has 150 valence electrons. The standard InChI is InChI=1S/C22H26ClNO4/c1-26-19-12-21(28-3)20(27-2)11-17(19)14-24-9-5-7-16(13-24)22(25)15-6-4-8-18(23)10-15/h4,6,8,10-12,16H,5,7,9,13-14H2,1-3H3. The number of methoxy groups -OCH3 is 3. The summed E-state index contributed by atoms with van der Waals surface area (Å²) >= 11 is 6.05. The van der Waals surface area contributed by atoms with Crippen molar-refractivity contribution in [1.82, 2.24) is 4.90 Å². The number of nitrogens with zero attached hydrogens (tertiary/aromatic N) is 1. The molecule has 1 aliphatic rings. The molecule has 0 aliphatic carbocycles. The summed E-state index contributed by atoms with van der Waals surface area (Å²) in [6.07, 6.45) is 1.87. The van der Waals surface area contributed by atoms with E-state index in [4.69, 9.17) is 25.8 Å². The van der Waals surface area contributed by atoms with E-state index >= 15 is 0 Å². The minimum Gasteiger partial charge on any atom is -0.496 e. The van der Waals surface area contributed by atoms with Gasteiger partial charge in [-0.05, 0) is 37.6 Å². The van der Waals surface area contributed by atoms with Gasteiger partial charge in [0.05, 0.1) is 21.3 Å². The molecule has 0 bridgehead atoms. The third-order valence-electron chi connectivity index (χ3n) is 5.17. The van der Waals surface area contributed by atoms with Crippen LogP contribution in [0.3, 0.4) is 0 Å². The predicted molar refractivity (Wildman–Crippen MR) is 110 cm³/mol. The fourth-order valence-corrected chi connectivity index (χ4v) is 3.94. The van der Waals surface area contributed by atoms with E-state index in [-0.39, 0.29) is 11.7 Å². The highest BCUT2D eigenvalue weighted by molar-refractivity contribution is 6.31. The molecule has 0 saturated carbocycles. The molecule has 1 unspecified atom stereocenters. The molecule has 1 heterocycles. The summed E-state index contributed by atoms with van der Waals surface area (Å²) in [5.41, 5.74) is 1.69. The van der Waals surface area contributed by atoms with E-state index < -0.39 is 0 Å². The second-order valence-electron chi connectivity index (χ2n) is 6.97. The highest BCUT2D eigenvalue weighted by atomic mass is 35.5. The van der Waals surface area contributed by atoms with Gasteiger partial charge in [-0.1, -0.05) is 23.7 Å². The summed E-state index contributed by atoms with van der Waals surface area (Å²) in [5.74, 6) is 2.18. The van der Waals surface area contributed by atoms with Crippen molar-refractivity contribution < 1.29 is 19.0 Å². The van der Waals surface area contributed by atoms with E-state index in [1.54, 1.807) is 33.5 Å². The first-order valence-electron chi connectivity index (χ1n) is 9.36. The van der Waals surface area contributed by atoms with Crippen molar-refractivity contribution in [2.24, 2.45) is 5.92 Å². The molecule has 0 N–H and O–H groups in total. The van der Waals surface area contributed by atoms with Crippen molar-refractivity contribution in [3.8, 4) is 17.2 Å². The molecule has 0 radical (unpaired) electrons. The van der Waals surface area contributed by atoms with Gasteiger partial charge in [0.15, 0.2) is 17.3 Å². The maximum Gasteiger partial charge on any atom is 0.167 e. The van der Waals surface area contributed by atoms with Gasteiger partial charge in [0.25, 0.3) is 0 Å². The molecule has 6 heteroatoms. The lowest BCUT2D eigenvalue weighted by atomic mass is 9.90. The van der Waals surface area contributed by atoms with Crippen molar-refractivity contribution in [2.75, 3.05) is 34.4 Å². The molecule has 0 aromatic heterocycles. The van der Waals surface area contributed by atoms with Crippen LogP contribution >= 0.6 is 11.6 Å². The van der Waals surface area contributed by atoms with Gasteiger partial charge in [-0.15, -0.1) is 0 Å². The first-order valence-corrected chi connectivity index (χ1v) is 9.74. The first kappa shape index (κ1) is 20.5. The Morgan fingerprint density at radius 3 is 2.46 bits per heavy atom. The van der Waals surface area contributed by atoms with Crippen molar-refractivity contribution >= 4 is 17.4 Å². The van der Waals surface area contributed by atoms with E-state index in [9.17, 15) is 4.79 Å². The van der Waals surface area contributed by atoms with Gasteiger partial charge >= 0.3 is 0 Å². The van der Waals surface area contributed by atoms with Gasteiger partial charge in [0.1, 0.15) is 5.75 Å². The minimum absolute atomic E-state index is 0.0293. The number of hydrogen-bond acceptors (Lipinski definition) is 5. The zero-order chi connectivity index (χ0) is 20.1. The Morgan fingerprint density at radius 2 is 1.79 bits per heavy atom. The van der Waals surface area contributed by atoms with Gasteiger partial charge in [-0.3, -0.25) is 9.69 Å². The van der Waals surface area contributed by atoms with Crippen LogP contribution < -0.4 is 14.2 Å². The van der Waals surface area contributed by atoms with Crippen LogP contribution in [0, 0.1) is 5.92 Å². The highest BCUT2D eigenvalue weighted by Gasteiger charge is 2.27. The van der Waals surface area contributed by atoms with Crippen LogP contribution in [0.5, 0.6) is 17.2 Å². The lowest BCUT2D eigenvalue weighted by molar-refractivity contribution is 0.0810. The second-order valence-corrected chi connectivity index (χ2v) is 7.40. The zero-order valence-electron chi connectivity index (χ0n) is 16.5. The number of rotatable bonds is 7. The zero-order valence-corrected chi connectivity index (χ0v) is 17.3. The van der Waals surface area contributed by atoms with Crippen molar-refractivity contribution in [3.63, 3.8) is 0 Å². The van der Waals surface area contributed by atoms with Crippen molar-refractivity contribution in [3.05, 3.63) is 52.5 Å². The largest absolute Gasteiger partial charge is 0.496 e. The van der Waals surface area contributed by atoms with E-state index in [1.807, 2.05) is 24.3 Å². The molecule has 1 saturated heterocycles. The maximum atomic E-state index is 12.9. The van der Waals surface area contributed by atoms with Crippen LogP contribution in [0.15, 0.2) is 36.4 Å². The summed E-state index contributed by atoms with van der Waals surface area (Å²) in [4.78, 5) is 15.2. The highest BCUT2D eigenvalue weighted by Crippen LogP contribution is 2.36. The van der Waals surface area contributed by atoms with Gasteiger partial charge in [-0.25, -0.2) is 0 Å². The third kappa shape index (κ3) is 4.59. The Morgan fingerprint density at radius 1 is 1.07 bits per heavy atom. The van der Waals surface area contributed by atoms with Gasteiger partial charge < -0.3 is 14.2 Å². The Bertz CT molecular complexity index is 839. The minimum atomic E-state index is -0.0293. The Hall–Kier alpha value is -2.24. The predicted octanol–water partition coefficient (Wildman–Crippen LogP) is 4.46. The molecule has 28 heavy (non-hydrogen) atoms. The number of likely N-dealkylation sites (tertiary alicyclic amines) is 1. The summed E-state index contributed by atoms with van der Waals surface area (Å²) < 4.78 is 16.3. The molecule has 5 nitrogen and oxygen atoms in total. The molecule has 1 fully saturated rings. The fourth-order valence-electron chi connectivity index (χ4n) is 3.75. The van der Waals surface area contributed by atoms with E-state index in [1.165, 1.54) is 0 Å². The molecule has 0 spiro atoms. The normalized spacial score (nSPS) is 17.2. The number of carbonyl (C=O) groups is 1. The lowest BCUT2D eigenvalue weighted by Gasteiger charge is -2.32. The molecule has 0 amide bonds. The summed E-state index contributed by atoms with van der Waals surface area (Å²) in [6.45, 7) is 2.34. The fraction of sp³-hybridized carbons (Fsp3) is 0.409. The first-order chi connectivity index (χ1) is 13.5. The quantitative estimate of drug-likeness (QED) is 0.639. The van der Waals surface area contributed by atoms with Gasteiger partial charge in [0.2, 0.25) is 0 Å². The number of ketones is 1. The molecule has 2 aromatic rings. The molecule has 1 aliphatic heterocycles. The lowest BCUT2D eigenvalue weighted by Crippen LogP contribution is -2.38.